The Kier molecular flexibility index (Phi) is 10.3. The number of aromatic amines is 2. The number of rotatable bonds is 15. The summed E-state index contributed by atoms with van der Waals surface area (Å²) in [7, 11) is 0. The third-order valence-electron chi connectivity index (χ3n) is 7.18. The molecule has 3 atom stereocenters. The number of carbonyl (C=O) groups excluding carboxylic acids is 3. The van der Waals surface area contributed by atoms with E-state index in [0.717, 1.165) is 32.9 Å². The fourth-order valence-corrected chi connectivity index (χ4v) is 4.96. The number of nitrogens with one attached hydrogen (secondary N) is 5. The summed E-state index contributed by atoms with van der Waals surface area (Å²) in [5.74, 6) is -2.94. The van der Waals surface area contributed by atoms with Crippen LogP contribution in [0.15, 0.2) is 60.9 Å². The van der Waals surface area contributed by atoms with Crippen LogP contribution in [0.25, 0.3) is 21.8 Å². The van der Waals surface area contributed by atoms with Gasteiger partial charge in [0.1, 0.15) is 18.6 Å². The summed E-state index contributed by atoms with van der Waals surface area (Å²) in [5.41, 5.74) is 15.4. The maximum Gasteiger partial charge on any atom is 0.322 e. The molecule has 10 N–H and O–H groups in total. The van der Waals surface area contributed by atoms with E-state index in [-0.39, 0.29) is 19.3 Å². The van der Waals surface area contributed by atoms with E-state index in [4.69, 9.17) is 16.6 Å². The van der Waals surface area contributed by atoms with Gasteiger partial charge in [-0.25, -0.2) is 0 Å². The minimum atomic E-state index is -1.20. The minimum absolute atomic E-state index is 0.133. The highest BCUT2D eigenvalue weighted by molar-refractivity contribution is 5.95. The lowest BCUT2D eigenvalue weighted by Gasteiger charge is -2.24. The normalized spacial score (nSPS) is 13.4. The van der Waals surface area contributed by atoms with Crippen molar-refractivity contribution in [1.82, 2.24) is 25.9 Å². The Morgan fingerprint density at radius 3 is 1.93 bits per heavy atom. The largest absolute Gasteiger partial charge is 0.480 e. The van der Waals surface area contributed by atoms with Crippen LogP contribution in [0.4, 0.5) is 0 Å². The molecule has 0 aliphatic rings. The number of benzene rings is 2. The molecule has 2 aromatic carbocycles. The van der Waals surface area contributed by atoms with Gasteiger partial charge < -0.3 is 42.5 Å². The number of unbranched alkanes of at least 4 members (excludes halogenated alkanes) is 1. The van der Waals surface area contributed by atoms with Gasteiger partial charge in [-0.3, -0.25) is 19.2 Å². The van der Waals surface area contributed by atoms with Crippen molar-refractivity contribution in [1.29, 1.82) is 0 Å². The third-order valence-corrected chi connectivity index (χ3v) is 7.18. The van der Waals surface area contributed by atoms with Crippen LogP contribution in [-0.2, 0) is 32.0 Å². The third kappa shape index (κ3) is 7.74. The predicted octanol–water partition coefficient (Wildman–Crippen LogP) is 1.06. The molecule has 12 heteroatoms. The van der Waals surface area contributed by atoms with Crippen molar-refractivity contribution in [2.45, 2.75) is 50.2 Å². The lowest BCUT2D eigenvalue weighted by atomic mass is 10.0. The average molecular weight is 576 g/mol. The molecule has 0 saturated carbocycles. The second kappa shape index (κ2) is 14.3. The first kappa shape index (κ1) is 30.3. The topological polar surface area (TPSA) is 208 Å². The molecule has 3 amide bonds. The predicted molar refractivity (Wildman–Crippen MR) is 159 cm³/mol. The maximum atomic E-state index is 13.6. The molecule has 0 aliphatic heterocycles. The lowest BCUT2D eigenvalue weighted by Crippen LogP contribution is -2.56. The second-order valence-corrected chi connectivity index (χ2v) is 10.3. The molecule has 2 heterocycles. The van der Waals surface area contributed by atoms with Crippen molar-refractivity contribution >= 4 is 45.5 Å². The molecular weight excluding hydrogens is 538 g/mol. The van der Waals surface area contributed by atoms with Gasteiger partial charge in [-0.05, 0) is 55.5 Å². The highest BCUT2D eigenvalue weighted by Gasteiger charge is 2.29. The molecule has 0 saturated heterocycles. The Morgan fingerprint density at radius 1 is 0.762 bits per heavy atom. The van der Waals surface area contributed by atoms with Crippen LogP contribution in [-0.4, -0.2) is 70.0 Å². The first-order valence-electron chi connectivity index (χ1n) is 13.9. The molecule has 0 aliphatic carbocycles. The quantitative estimate of drug-likeness (QED) is 0.0966. The van der Waals surface area contributed by atoms with Crippen LogP contribution < -0.4 is 27.4 Å². The smallest absolute Gasteiger partial charge is 0.322 e. The van der Waals surface area contributed by atoms with Crippen LogP contribution >= 0.6 is 0 Å². The van der Waals surface area contributed by atoms with Gasteiger partial charge in [0.05, 0.1) is 6.04 Å². The number of carboxylic acid groups (broad SMARTS) is 1. The number of hydrogen-bond donors (Lipinski definition) is 8. The molecule has 0 spiro atoms. The summed E-state index contributed by atoms with van der Waals surface area (Å²) in [6.45, 7) is -0.175. The van der Waals surface area contributed by atoms with E-state index < -0.39 is 48.4 Å². The molecule has 0 bridgehead atoms. The zero-order chi connectivity index (χ0) is 30.1. The summed E-state index contributed by atoms with van der Waals surface area (Å²) in [5, 5.41) is 18.7. The van der Waals surface area contributed by atoms with Crippen molar-refractivity contribution < 1.29 is 24.3 Å². The molecule has 0 fully saturated rings. The number of H-pyrrole nitrogens is 2. The van der Waals surface area contributed by atoms with Crippen LogP contribution in [0, 0.1) is 0 Å². The second-order valence-electron chi connectivity index (χ2n) is 10.3. The summed E-state index contributed by atoms with van der Waals surface area (Å²) >= 11 is 0. The molecular formula is C30H37N7O5. The van der Waals surface area contributed by atoms with E-state index in [1.807, 2.05) is 54.7 Å². The van der Waals surface area contributed by atoms with E-state index in [0.29, 0.717) is 19.4 Å². The Labute approximate surface area is 242 Å². The Hall–Kier alpha value is -4.68. The average Bonchev–Trinajstić information content (AvgIpc) is 3.59. The molecule has 42 heavy (non-hydrogen) atoms. The van der Waals surface area contributed by atoms with Gasteiger partial charge in [0.2, 0.25) is 17.7 Å². The van der Waals surface area contributed by atoms with Gasteiger partial charge in [-0.15, -0.1) is 0 Å². The Morgan fingerprint density at radius 2 is 1.33 bits per heavy atom. The van der Waals surface area contributed by atoms with Gasteiger partial charge >= 0.3 is 5.97 Å². The number of hydrogen-bond acceptors (Lipinski definition) is 6. The van der Waals surface area contributed by atoms with E-state index in [2.05, 4.69) is 25.9 Å². The van der Waals surface area contributed by atoms with E-state index >= 15 is 0 Å². The molecule has 2 aromatic heterocycles. The fourth-order valence-electron chi connectivity index (χ4n) is 4.96. The molecule has 3 unspecified atom stereocenters. The summed E-state index contributed by atoms with van der Waals surface area (Å²) in [6.07, 6.45) is 5.39. The van der Waals surface area contributed by atoms with Gasteiger partial charge in [0.15, 0.2) is 0 Å². The van der Waals surface area contributed by atoms with Gasteiger partial charge in [-0.1, -0.05) is 36.4 Å². The number of aromatic nitrogens is 2. The van der Waals surface area contributed by atoms with Crippen molar-refractivity contribution in [2.75, 3.05) is 13.1 Å². The molecule has 222 valence electrons. The van der Waals surface area contributed by atoms with Crippen molar-refractivity contribution in [3.63, 3.8) is 0 Å². The highest BCUT2D eigenvalue weighted by atomic mass is 16.4. The van der Waals surface area contributed by atoms with Crippen LogP contribution in [0.2, 0.25) is 0 Å². The van der Waals surface area contributed by atoms with E-state index in [1.54, 1.807) is 6.20 Å². The number of carbonyl (C=O) groups is 4. The minimum Gasteiger partial charge on any atom is -0.480 e. The molecule has 12 nitrogen and oxygen atoms in total. The fraction of sp³-hybridized carbons (Fsp3) is 0.333. The standard InChI is InChI=1S/C30H37N7O5/c31-12-6-5-11-25(29(41)35-17-27(38)39)36-30(42)26(14-19-16-34-24-10-4-2-8-21(19)24)37-28(40)22(32)13-18-15-33-23-9-3-1-7-20(18)23/h1-4,7-10,15-16,22,25-26,33-34H,5-6,11-14,17,31-32H2,(H,35,41)(H,36,42)(H,37,40)(H,38,39). The monoisotopic (exact) mass is 575 g/mol. The molecule has 4 rings (SSSR count). The highest BCUT2D eigenvalue weighted by Crippen LogP contribution is 2.21. The summed E-state index contributed by atoms with van der Waals surface area (Å²) < 4.78 is 0. The van der Waals surface area contributed by atoms with Crippen molar-refractivity contribution in [3.05, 3.63) is 72.1 Å². The summed E-state index contributed by atoms with van der Waals surface area (Å²) in [4.78, 5) is 57.1. The summed E-state index contributed by atoms with van der Waals surface area (Å²) in [6, 6.07) is 12.3. The van der Waals surface area contributed by atoms with E-state index in [9.17, 15) is 19.2 Å². The Balaban J connectivity index is 1.53. The number of carboxylic acids is 1. The number of aliphatic carboxylic acids is 1. The number of para-hydroxylation sites is 2. The SMILES string of the molecule is NCCCCC(NC(=O)C(Cc1c[nH]c2ccccc12)NC(=O)C(N)Cc1c[nH]c2ccccc12)C(=O)NCC(=O)O. The Bertz CT molecular complexity index is 1550. The van der Waals surface area contributed by atoms with Gasteiger partial charge in [0, 0.05) is 40.6 Å². The lowest BCUT2D eigenvalue weighted by molar-refractivity contribution is -0.138. The van der Waals surface area contributed by atoms with Gasteiger partial charge in [-0.2, -0.15) is 0 Å². The molecule has 0 radical (unpaired) electrons. The van der Waals surface area contributed by atoms with Crippen LogP contribution in [0.3, 0.4) is 0 Å². The number of amides is 3. The number of nitrogens with two attached hydrogens (primary N) is 2. The van der Waals surface area contributed by atoms with Crippen molar-refractivity contribution in [2.24, 2.45) is 11.5 Å². The first-order chi connectivity index (χ1) is 20.3. The number of fused-ring (bicyclic) bond motifs is 2. The van der Waals surface area contributed by atoms with E-state index in [1.165, 1.54) is 0 Å². The zero-order valence-corrected chi connectivity index (χ0v) is 23.2. The van der Waals surface area contributed by atoms with Crippen LogP contribution in [0.1, 0.15) is 30.4 Å². The molecule has 4 aromatic rings. The maximum absolute atomic E-state index is 13.6. The van der Waals surface area contributed by atoms with Crippen LogP contribution in [0.5, 0.6) is 0 Å². The van der Waals surface area contributed by atoms with Gasteiger partial charge in [0.25, 0.3) is 0 Å². The van der Waals surface area contributed by atoms with Crippen molar-refractivity contribution in [3.8, 4) is 0 Å². The zero-order valence-electron chi connectivity index (χ0n) is 23.2. The first-order valence-corrected chi connectivity index (χ1v) is 13.9.